The Hall–Kier alpha value is -1.67. The normalized spacial score (nSPS) is 10.5. The minimum Gasteiger partial charge on any atom is -0.294 e. The molecule has 2 rings (SSSR count). The van der Waals surface area contributed by atoms with Crippen LogP contribution in [0.15, 0.2) is 36.4 Å². The number of ketones is 1. The van der Waals surface area contributed by atoms with Gasteiger partial charge in [-0.15, -0.1) is 0 Å². The third-order valence-electron chi connectivity index (χ3n) is 2.92. The Morgan fingerprint density at radius 2 is 1.84 bits per heavy atom. The lowest BCUT2D eigenvalue weighted by Gasteiger charge is -2.06. The molecule has 0 N–H and O–H groups in total. The maximum atomic E-state index is 13.3. The van der Waals surface area contributed by atoms with E-state index >= 15 is 0 Å². The van der Waals surface area contributed by atoms with Crippen LogP contribution < -0.4 is 0 Å². The van der Waals surface area contributed by atoms with E-state index in [9.17, 15) is 9.18 Å². The molecule has 0 fully saturated rings. The molecule has 0 aliphatic rings. The van der Waals surface area contributed by atoms with Gasteiger partial charge in [-0.1, -0.05) is 23.7 Å². The van der Waals surface area contributed by atoms with Crippen LogP contribution >= 0.6 is 11.6 Å². The van der Waals surface area contributed by atoms with Crippen LogP contribution in [0.4, 0.5) is 4.39 Å². The molecule has 0 aliphatic carbocycles. The van der Waals surface area contributed by atoms with Gasteiger partial charge in [0.05, 0.1) is 0 Å². The molecule has 0 spiro atoms. The highest BCUT2D eigenvalue weighted by atomic mass is 35.5. The second-order valence-electron chi connectivity index (χ2n) is 4.71. The van der Waals surface area contributed by atoms with Crippen molar-refractivity contribution < 1.29 is 9.18 Å². The first-order valence-electron chi connectivity index (χ1n) is 6.01. The number of halogens is 2. The summed E-state index contributed by atoms with van der Waals surface area (Å²) in [5, 5.41) is 0.571. The highest BCUT2D eigenvalue weighted by Gasteiger charge is 2.11. The van der Waals surface area contributed by atoms with Gasteiger partial charge in [-0.2, -0.15) is 0 Å². The molecular formula is C16H14ClFO. The van der Waals surface area contributed by atoms with Crippen molar-refractivity contribution in [3.8, 4) is 0 Å². The Labute approximate surface area is 117 Å². The lowest BCUT2D eigenvalue weighted by molar-refractivity contribution is 0.0992. The molecule has 0 saturated heterocycles. The van der Waals surface area contributed by atoms with E-state index in [1.807, 2.05) is 25.1 Å². The largest absolute Gasteiger partial charge is 0.294 e. The van der Waals surface area contributed by atoms with Crippen LogP contribution in [-0.2, 0) is 6.42 Å². The highest BCUT2D eigenvalue weighted by Crippen LogP contribution is 2.20. The van der Waals surface area contributed by atoms with Crippen LogP contribution in [0.25, 0.3) is 0 Å². The maximum absolute atomic E-state index is 13.3. The summed E-state index contributed by atoms with van der Waals surface area (Å²) in [6.45, 7) is 3.70. The Kier molecular flexibility index (Phi) is 4.01. The topological polar surface area (TPSA) is 17.1 Å². The van der Waals surface area contributed by atoms with Gasteiger partial charge < -0.3 is 0 Å². The summed E-state index contributed by atoms with van der Waals surface area (Å²) < 4.78 is 13.3. The molecule has 19 heavy (non-hydrogen) atoms. The van der Waals surface area contributed by atoms with Crippen LogP contribution in [0.1, 0.15) is 27.0 Å². The number of carbonyl (C=O) groups is 1. The molecule has 0 aliphatic heterocycles. The van der Waals surface area contributed by atoms with Crippen LogP contribution in [-0.4, -0.2) is 5.78 Å². The highest BCUT2D eigenvalue weighted by molar-refractivity contribution is 6.31. The lowest BCUT2D eigenvalue weighted by atomic mass is 10.0. The molecule has 0 atom stereocenters. The number of hydrogen-bond acceptors (Lipinski definition) is 1. The van der Waals surface area contributed by atoms with Crippen molar-refractivity contribution in [2.24, 2.45) is 0 Å². The summed E-state index contributed by atoms with van der Waals surface area (Å²) >= 11 is 6.10. The number of rotatable bonds is 3. The third-order valence-corrected chi connectivity index (χ3v) is 3.28. The molecule has 98 valence electrons. The van der Waals surface area contributed by atoms with E-state index in [4.69, 9.17) is 11.6 Å². The molecular weight excluding hydrogens is 263 g/mol. The molecule has 0 bridgehead atoms. The predicted octanol–water partition coefficient (Wildman–Crippen LogP) is 4.52. The van der Waals surface area contributed by atoms with E-state index in [0.29, 0.717) is 10.6 Å². The summed E-state index contributed by atoms with van der Waals surface area (Å²) in [5.74, 6) is -0.522. The molecule has 2 aromatic carbocycles. The molecule has 2 aromatic rings. The lowest BCUT2D eigenvalue weighted by Crippen LogP contribution is -2.05. The summed E-state index contributed by atoms with van der Waals surface area (Å²) in [6.07, 6.45) is 0.183. The average Bonchev–Trinajstić information content (AvgIpc) is 2.31. The van der Waals surface area contributed by atoms with Crippen LogP contribution in [0.3, 0.4) is 0 Å². The summed E-state index contributed by atoms with van der Waals surface area (Å²) in [7, 11) is 0. The fourth-order valence-electron chi connectivity index (χ4n) is 1.97. The fraction of sp³-hybridized carbons (Fsp3) is 0.188. The van der Waals surface area contributed by atoms with E-state index in [2.05, 4.69) is 0 Å². The van der Waals surface area contributed by atoms with Crippen molar-refractivity contribution in [1.29, 1.82) is 0 Å². The molecule has 0 heterocycles. The number of carbonyl (C=O) groups excluding carboxylic acids is 1. The minimum atomic E-state index is -0.390. The zero-order chi connectivity index (χ0) is 14.0. The van der Waals surface area contributed by atoms with Crippen LogP contribution in [0.5, 0.6) is 0 Å². The van der Waals surface area contributed by atoms with Crippen molar-refractivity contribution in [2.45, 2.75) is 20.3 Å². The number of hydrogen-bond donors (Lipinski definition) is 0. The monoisotopic (exact) mass is 276 g/mol. The van der Waals surface area contributed by atoms with E-state index in [1.54, 1.807) is 13.0 Å². The van der Waals surface area contributed by atoms with Crippen molar-refractivity contribution in [1.82, 2.24) is 0 Å². The molecule has 0 saturated carbocycles. The second-order valence-corrected chi connectivity index (χ2v) is 5.12. The standard InChI is InChI=1S/C16H14ClFO/c1-10-3-4-12(15(17)7-10)9-16(19)13-5-11(2)6-14(18)8-13/h3-8H,9H2,1-2H3. The Morgan fingerprint density at radius 1 is 1.11 bits per heavy atom. The number of aryl methyl sites for hydroxylation is 2. The SMILES string of the molecule is Cc1cc(F)cc(C(=O)Cc2ccc(C)cc2Cl)c1. The summed E-state index contributed by atoms with van der Waals surface area (Å²) in [6, 6.07) is 9.91. The smallest absolute Gasteiger partial charge is 0.167 e. The van der Waals surface area contributed by atoms with Gasteiger partial charge >= 0.3 is 0 Å². The Bertz CT molecular complexity index is 614. The molecule has 0 unspecified atom stereocenters. The van der Waals surface area contributed by atoms with Gasteiger partial charge in [0.25, 0.3) is 0 Å². The second kappa shape index (κ2) is 5.54. The average molecular weight is 277 g/mol. The molecule has 0 radical (unpaired) electrons. The van der Waals surface area contributed by atoms with E-state index in [0.717, 1.165) is 16.7 Å². The van der Waals surface area contributed by atoms with Crippen molar-refractivity contribution in [3.63, 3.8) is 0 Å². The predicted molar refractivity (Wildman–Crippen MR) is 75.4 cm³/mol. The minimum absolute atomic E-state index is 0.131. The first kappa shape index (κ1) is 13.8. The van der Waals surface area contributed by atoms with E-state index < -0.39 is 5.82 Å². The molecule has 1 nitrogen and oxygen atoms in total. The first-order chi connectivity index (χ1) is 8.95. The van der Waals surface area contributed by atoms with Crippen LogP contribution in [0, 0.1) is 19.7 Å². The van der Waals surface area contributed by atoms with Gasteiger partial charge in [0.1, 0.15) is 5.82 Å². The van der Waals surface area contributed by atoms with Gasteiger partial charge in [-0.05, 0) is 54.8 Å². The molecule has 0 aromatic heterocycles. The third kappa shape index (κ3) is 3.42. The number of benzene rings is 2. The van der Waals surface area contributed by atoms with Crippen molar-refractivity contribution in [2.75, 3.05) is 0 Å². The maximum Gasteiger partial charge on any atom is 0.167 e. The van der Waals surface area contributed by atoms with Gasteiger partial charge in [0, 0.05) is 17.0 Å². The van der Waals surface area contributed by atoms with Gasteiger partial charge in [0.15, 0.2) is 5.78 Å². The van der Waals surface area contributed by atoms with Gasteiger partial charge in [-0.3, -0.25) is 4.79 Å². The van der Waals surface area contributed by atoms with E-state index in [1.165, 1.54) is 12.1 Å². The van der Waals surface area contributed by atoms with Crippen LogP contribution in [0.2, 0.25) is 5.02 Å². The fourth-order valence-corrected chi connectivity index (χ4v) is 2.27. The van der Waals surface area contributed by atoms with Crippen molar-refractivity contribution >= 4 is 17.4 Å². The first-order valence-corrected chi connectivity index (χ1v) is 6.39. The zero-order valence-corrected chi connectivity index (χ0v) is 11.6. The Morgan fingerprint density at radius 3 is 2.47 bits per heavy atom. The molecule has 0 amide bonds. The molecule has 3 heteroatoms. The quantitative estimate of drug-likeness (QED) is 0.753. The van der Waals surface area contributed by atoms with E-state index in [-0.39, 0.29) is 12.2 Å². The number of Topliss-reactive ketones (excluding diaryl/α,β-unsaturated/α-hetero) is 1. The summed E-state index contributed by atoms with van der Waals surface area (Å²) in [5.41, 5.74) is 2.93. The van der Waals surface area contributed by atoms with Crippen molar-refractivity contribution in [3.05, 3.63) is 69.5 Å². The Balaban J connectivity index is 2.25. The van der Waals surface area contributed by atoms with Gasteiger partial charge in [-0.25, -0.2) is 4.39 Å². The van der Waals surface area contributed by atoms with Gasteiger partial charge in [0.2, 0.25) is 0 Å². The summed E-state index contributed by atoms with van der Waals surface area (Å²) in [4.78, 5) is 12.1. The zero-order valence-electron chi connectivity index (χ0n) is 10.8.